The molecule has 3 rings (SSSR count). The van der Waals surface area contributed by atoms with E-state index in [2.05, 4.69) is 14.8 Å². The van der Waals surface area contributed by atoms with Crippen LogP contribution in [0.15, 0.2) is 30.5 Å². The summed E-state index contributed by atoms with van der Waals surface area (Å²) < 4.78 is 27.1. The number of rotatable bonds is 4. The molecular formula is C18H20F2N4O2. The zero-order chi connectivity index (χ0) is 18.8. The average molecular weight is 362 g/mol. The Hall–Kier alpha value is -2.61. The minimum absolute atomic E-state index is 0.00722. The molecule has 0 saturated carbocycles. The van der Waals surface area contributed by atoms with Crippen molar-refractivity contribution in [2.75, 3.05) is 31.1 Å². The van der Waals surface area contributed by atoms with Crippen molar-refractivity contribution in [2.24, 2.45) is 0 Å². The van der Waals surface area contributed by atoms with Gasteiger partial charge in [-0.05, 0) is 26.0 Å². The average Bonchev–Trinajstić information content (AvgIpc) is 2.61. The van der Waals surface area contributed by atoms with Gasteiger partial charge in [0, 0.05) is 49.4 Å². The molecule has 2 aromatic rings. The fourth-order valence-electron chi connectivity index (χ4n) is 3.27. The molecule has 0 radical (unpaired) electrons. The predicted molar refractivity (Wildman–Crippen MR) is 94.2 cm³/mol. The minimum atomic E-state index is -0.581. The number of halogens is 2. The van der Waals surface area contributed by atoms with Crippen LogP contribution in [0, 0.1) is 28.7 Å². The number of pyridine rings is 1. The van der Waals surface area contributed by atoms with E-state index in [0.717, 1.165) is 6.07 Å². The van der Waals surface area contributed by atoms with Crippen LogP contribution in [0.5, 0.6) is 0 Å². The third-order valence-electron chi connectivity index (χ3n) is 4.86. The van der Waals surface area contributed by atoms with Crippen LogP contribution in [0.2, 0.25) is 0 Å². The molecule has 1 unspecified atom stereocenters. The maximum atomic E-state index is 14.0. The molecule has 1 aromatic heterocycles. The van der Waals surface area contributed by atoms with Gasteiger partial charge in [-0.3, -0.25) is 15.0 Å². The van der Waals surface area contributed by atoms with Crippen LogP contribution in [0.25, 0.3) is 0 Å². The number of hydrogen-bond acceptors (Lipinski definition) is 5. The van der Waals surface area contributed by atoms with Gasteiger partial charge < -0.3 is 4.90 Å². The highest BCUT2D eigenvalue weighted by Crippen LogP contribution is 2.27. The first-order chi connectivity index (χ1) is 12.4. The smallest absolute Gasteiger partial charge is 0.290 e. The summed E-state index contributed by atoms with van der Waals surface area (Å²) in [6.07, 6.45) is 1.29. The summed E-state index contributed by atoms with van der Waals surface area (Å²) in [7, 11) is 0. The van der Waals surface area contributed by atoms with Crippen LogP contribution < -0.4 is 4.90 Å². The van der Waals surface area contributed by atoms with Gasteiger partial charge >= 0.3 is 0 Å². The second kappa shape index (κ2) is 7.33. The number of aryl methyl sites for hydroxylation is 1. The van der Waals surface area contributed by atoms with Crippen molar-refractivity contribution in [2.45, 2.75) is 19.9 Å². The maximum absolute atomic E-state index is 14.0. The third kappa shape index (κ3) is 3.65. The fourth-order valence-corrected chi connectivity index (χ4v) is 3.27. The van der Waals surface area contributed by atoms with Gasteiger partial charge in [0.2, 0.25) is 0 Å². The summed E-state index contributed by atoms with van der Waals surface area (Å²) in [5.74, 6) is -0.413. The van der Waals surface area contributed by atoms with Gasteiger partial charge in [-0.2, -0.15) is 0 Å². The first-order valence-corrected chi connectivity index (χ1v) is 8.42. The SMILES string of the molecule is Cc1cc(N2CCN(C(C)c3ccc(F)cc3F)CC2)ncc1[N+](=O)[O-]. The number of piperazine rings is 1. The summed E-state index contributed by atoms with van der Waals surface area (Å²) in [6, 6.07) is 5.23. The van der Waals surface area contributed by atoms with E-state index in [-0.39, 0.29) is 11.7 Å². The van der Waals surface area contributed by atoms with Crippen LogP contribution in [-0.4, -0.2) is 41.0 Å². The zero-order valence-electron chi connectivity index (χ0n) is 14.7. The Bertz CT molecular complexity index is 823. The van der Waals surface area contributed by atoms with Crippen molar-refractivity contribution >= 4 is 11.5 Å². The van der Waals surface area contributed by atoms with Gasteiger partial charge in [-0.1, -0.05) is 6.07 Å². The Labute approximate surface area is 150 Å². The lowest BCUT2D eigenvalue weighted by Crippen LogP contribution is -2.47. The van der Waals surface area contributed by atoms with Crippen molar-refractivity contribution in [3.63, 3.8) is 0 Å². The molecule has 0 spiro atoms. The first kappa shape index (κ1) is 18.2. The molecule has 0 bridgehead atoms. The third-order valence-corrected chi connectivity index (χ3v) is 4.86. The van der Waals surface area contributed by atoms with Gasteiger partial charge in [0.25, 0.3) is 5.69 Å². The lowest BCUT2D eigenvalue weighted by Gasteiger charge is -2.38. The van der Waals surface area contributed by atoms with E-state index in [4.69, 9.17) is 0 Å². The lowest BCUT2D eigenvalue weighted by atomic mass is 10.1. The number of hydrogen-bond donors (Lipinski definition) is 0. The highest BCUT2D eigenvalue weighted by atomic mass is 19.1. The van der Waals surface area contributed by atoms with Crippen LogP contribution in [0.4, 0.5) is 20.3 Å². The van der Waals surface area contributed by atoms with E-state index in [9.17, 15) is 18.9 Å². The van der Waals surface area contributed by atoms with Gasteiger partial charge in [0.1, 0.15) is 23.6 Å². The summed E-state index contributed by atoms with van der Waals surface area (Å²) in [5.41, 5.74) is 1.06. The number of nitrogens with zero attached hydrogens (tertiary/aromatic N) is 4. The second-order valence-electron chi connectivity index (χ2n) is 6.45. The standard InChI is InChI=1S/C18H20F2N4O2/c1-12-9-18(21-11-17(12)24(25)26)23-7-5-22(6-8-23)13(2)15-4-3-14(19)10-16(15)20/h3-4,9-11,13H,5-8H2,1-2H3. The molecule has 6 nitrogen and oxygen atoms in total. The molecule has 8 heteroatoms. The number of benzene rings is 1. The molecule has 2 heterocycles. The first-order valence-electron chi connectivity index (χ1n) is 8.42. The summed E-state index contributed by atoms with van der Waals surface area (Å²) in [5, 5.41) is 10.9. The van der Waals surface area contributed by atoms with E-state index in [1.807, 2.05) is 6.92 Å². The highest BCUT2D eigenvalue weighted by molar-refractivity contribution is 5.49. The van der Waals surface area contributed by atoms with E-state index < -0.39 is 16.6 Å². The molecule has 1 atom stereocenters. The Morgan fingerprint density at radius 1 is 1.19 bits per heavy atom. The highest BCUT2D eigenvalue weighted by Gasteiger charge is 2.25. The molecule has 1 fully saturated rings. The van der Waals surface area contributed by atoms with Crippen molar-refractivity contribution in [1.82, 2.24) is 9.88 Å². The molecular weight excluding hydrogens is 342 g/mol. The molecule has 1 saturated heterocycles. The maximum Gasteiger partial charge on any atom is 0.290 e. The van der Waals surface area contributed by atoms with E-state index >= 15 is 0 Å². The number of anilines is 1. The van der Waals surface area contributed by atoms with Crippen LogP contribution in [0.3, 0.4) is 0 Å². The van der Waals surface area contributed by atoms with E-state index in [1.165, 1.54) is 18.3 Å². The normalized spacial score (nSPS) is 16.5. The second-order valence-corrected chi connectivity index (χ2v) is 6.45. The molecule has 0 N–H and O–H groups in total. The number of aromatic nitrogens is 1. The van der Waals surface area contributed by atoms with Gasteiger partial charge in [0.15, 0.2) is 0 Å². The van der Waals surface area contributed by atoms with Crippen molar-refractivity contribution < 1.29 is 13.7 Å². The van der Waals surface area contributed by atoms with Gasteiger partial charge in [-0.15, -0.1) is 0 Å². The topological polar surface area (TPSA) is 62.5 Å². The molecule has 1 aliphatic heterocycles. The Morgan fingerprint density at radius 2 is 1.88 bits per heavy atom. The van der Waals surface area contributed by atoms with Gasteiger partial charge in [0.05, 0.1) is 4.92 Å². The lowest BCUT2D eigenvalue weighted by molar-refractivity contribution is -0.385. The largest absolute Gasteiger partial charge is 0.354 e. The van der Waals surface area contributed by atoms with Crippen LogP contribution in [0.1, 0.15) is 24.1 Å². The molecule has 0 amide bonds. The predicted octanol–water partition coefficient (Wildman–Crippen LogP) is 3.46. The van der Waals surface area contributed by atoms with Crippen molar-refractivity contribution in [3.8, 4) is 0 Å². The van der Waals surface area contributed by atoms with E-state index in [1.54, 1.807) is 13.0 Å². The van der Waals surface area contributed by atoms with Crippen molar-refractivity contribution in [1.29, 1.82) is 0 Å². The monoisotopic (exact) mass is 362 g/mol. The molecule has 1 aliphatic rings. The summed E-state index contributed by atoms with van der Waals surface area (Å²) in [4.78, 5) is 18.8. The quantitative estimate of drug-likeness (QED) is 0.616. The summed E-state index contributed by atoms with van der Waals surface area (Å²) in [6.45, 7) is 6.33. The Balaban J connectivity index is 1.67. The van der Waals surface area contributed by atoms with Crippen molar-refractivity contribution in [3.05, 3.63) is 63.3 Å². The molecule has 138 valence electrons. The number of nitro groups is 1. The molecule has 26 heavy (non-hydrogen) atoms. The van der Waals surface area contributed by atoms with Gasteiger partial charge in [-0.25, -0.2) is 13.8 Å². The van der Waals surface area contributed by atoms with Crippen LogP contribution >= 0.6 is 0 Å². The van der Waals surface area contributed by atoms with E-state index in [0.29, 0.717) is 43.1 Å². The minimum Gasteiger partial charge on any atom is -0.354 e. The Morgan fingerprint density at radius 3 is 2.46 bits per heavy atom. The van der Waals surface area contributed by atoms with Crippen LogP contribution in [-0.2, 0) is 0 Å². The fraction of sp³-hybridized carbons (Fsp3) is 0.389. The Kier molecular flexibility index (Phi) is 5.13. The summed E-state index contributed by atoms with van der Waals surface area (Å²) >= 11 is 0. The molecule has 0 aliphatic carbocycles. The zero-order valence-corrected chi connectivity index (χ0v) is 14.7. The molecule has 1 aromatic carbocycles.